The highest BCUT2D eigenvalue weighted by molar-refractivity contribution is 6.74. The smallest absolute Gasteiger partial charge is 0.193 e. The van der Waals surface area contributed by atoms with Crippen molar-refractivity contribution in [3.8, 4) is 0 Å². The zero-order chi connectivity index (χ0) is 17.8. The molecule has 0 saturated carbocycles. The summed E-state index contributed by atoms with van der Waals surface area (Å²) in [6, 6.07) is 0. The summed E-state index contributed by atoms with van der Waals surface area (Å²) in [6.45, 7) is 12.4. The van der Waals surface area contributed by atoms with Crippen LogP contribution in [-0.4, -0.2) is 52.9 Å². The average Bonchev–Trinajstić information content (AvgIpc) is 2.44. The second-order valence-electron chi connectivity index (χ2n) is 7.57. The van der Waals surface area contributed by atoms with Crippen molar-refractivity contribution in [2.24, 2.45) is 0 Å². The van der Waals surface area contributed by atoms with E-state index in [1.165, 1.54) is 0 Å². The number of ketones is 1. The van der Waals surface area contributed by atoms with Crippen molar-refractivity contribution in [3.05, 3.63) is 12.2 Å². The minimum absolute atomic E-state index is 0.0190. The van der Waals surface area contributed by atoms with Gasteiger partial charge < -0.3 is 18.6 Å². The molecule has 1 aliphatic rings. The monoisotopic (exact) mass is 344 g/mol. The standard InChI is InChI=1S/C17H32O5Si/c1-12(18)16-14(22-23(7,8)17(2,3)4)10-9-13(21-16)11-15(19-5)20-6/h9-10,13-16H,11H2,1-8H3/t13-,14-,16+/m1/s1. The van der Waals surface area contributed by atoms with Crippen molar-refractivity contribution in [2.75, 3.05) is 14.2 Å². The van der Waals surface area contributed by atoms with Crippen molar-refractivity contribution in [1.29, 1.82) is 0 Å². The second kappa shape index (κ2) is 8.03. The molecule has 23 heavy (non-hydrogen) atoms. The molecule has 0 bridgehead atoms. The van der Waals surface area contributed by atoms with Crippen LogP contribution in [0.2, 0.25) is 18.1 Å². The number of rotatable bonds is 7. The van der Waals surface area contributed by atoms with Gasteiger partial charge in [0.1, 0.15) is 6.10 Å². The Labute approximate surface area is 141 Å². The van der Waals surface area contributed by atoms with E-state index in [2.05, 4.69) is 33.9 Å². The summed E-state index contributed by atoms with van der Waals surface area (Å²) in [7, 11) is 1.20. The molecule has 5 nitrogen and oxygen atoms in total. The van der Waals surface area contributed by atoms with Crippen LogP contribution in [0.25, 0.3) is 0 Å². The number of Topliss-reactive ketones (excluding diaryl/α,β-unsaturated/α-hetero) is 1. The normalized spacial score (nSPS) is 25.9. The number of methoxy groups -OCH3 is 2. The van der Waals surface area contributed by atoms with Gasteiger partial charge in [0.15, 0.2) is 20.4 Å². The number of carbonyl (C=O) groups is 1. The Morgan fingerprint density at radius 3 is 2.22 bits per heavy atom. The van der Waals surface area contributed by atoms with Gasteiger partial charge in [-0.2, -0.15) is 0 Å². The lowest BCUT2D eigenvalue weighted by Crippen LogP contribution is -2.50. The Morgan fingerprint density at radius 1 is 1.22 bits per heavy atom. The summed E-state index contributed by atoms with van der Waals surface area (Å²) in [6.07, 6.45) is 2.98. The van der Waals surface area contributed by atoms with Gasteiger partial charge >= 0.3 is 0 Å². The molecular formula is C17H32O5Si. The Hall–Kier alpha value is -0.533. The van der Waals surface area contributed by atoms with Gasteiger partial charge in [-0.1, -0.05) is 32.9 Å². The highest BCUT2D eigenvalue weighted by Crippen LogP contribution is 2.38. The summed E-state index contributed by atoms with van der Waals surface area (Å²) < 4.78 is 22.7. The molecule has 134 valence electrons. The Bertz CT molecular complexity index is 423. The summed E-state index contributed by atoms with van der Waals surface area (Å²) in [4.78, 5) is 12.0. The molecule has 3 atom stereocenters. The zero-order valence-corrected chi connectivity index (χ0v) is 16.7. The van der Waals surface area contributed by atoms with Crippen LogP contribution in [-0.2, 0) is 23.4 Å². The van der Waals surface area contributed by atoms with Gasteiger partial charge in [0, 0.05) is 20.6 Å². The summed E-state index contributed by atoms with van der Waals surface area (Å²) in [5, 5.41) is 0.0796. The van der Waals surface area contributed by atoms with E-state index in [1.807, 2.05) is 12.2 Å². The van der Waals surface area contributed by atoms with E-state index in [0.29, 0.717) is 6.42 Å². The second-order valence-corrected chi connectivity index (χ2v) is 12.3. The molecule has 0 aromatic carbocycles. The molecule has 0 spiro atoms. The quantitative estimate of drug-likeness (QED) is 0.403. The lowest BCUT2D eigenvalue weighted by atomic mass is 10.0. The van der Waals surface area contributed by atoms with Crippen LogP contribution in [0.5, 0.6) is 0 Å². The van der Waals surface area contributed by atoms with Crippen LogP contribution in [0.15, 0.2) is 12.2 Å². The van der Waals surface area contributed by atoms with Gasteiger partial charge in [-0.25, -0.2) is 0 Å². The highest BCUT2D eigenvalue weighted by atomic mass is 28.4. The number of hydrogen-bond donors (Lipinski definition) is 0. The van der Waals surface area contributed by atoms with Crippen molar-refractivity contribution >= 4 is 14.1 Å². The molecule has 1 heterocycles. The minimum Gasteiger partial charge on any atom is -0.407 e. The van der Waals surface area contributed by atoms with Crippen molar-refractivity contribution in [3.63, 3.8) is 0 Å². The van der Waals surface area contributed by atoms with Gasteiger partial charge in [0.2, 0.25) is 0 Å². The van der Waals surface area contributed by atoms with Crippen LogP contribution >= 0.6 is 0 Å². The maximum Gasteiger partial charge on any atom is 0.193 e. The fraction of sp³-hybridized carbons (Fsp3) is 0.824. The molecule has 0 aromatic rings. The van der Waals surface area contributed by atoms with Gasteiger partial charge in [0.05, 0.1) is 12.2 Å². The first-order valence-corrected chi connectivity index (χ1v) is 11.0. The van der Waals surface area contributed by atoms with Crippen molar-refractivity contribution in [2.45, 2.75) is 76.8 Å². The first-order valence-electron chi connectivity index (χ1n) is 8.09. The third-order valence-electron chi connectivity index (χ3n) is 4.72. The number of hydrogen-bond acceptors (Lipinski definition) is 5. The largest absolute Gasteiger partial charge is 0.407 e. The van der Waals surface area contributed by atoms with E-state index in [-0.39, 0.29) is 29.3 Å². The zero-order valence-electron chi connectivity index (χ0n) is 15.7. The van der Waals surface area contributed by atoms with Gasteiger partial charge in [0.25, 0.3) is 0 Å². The van der Waals surface area contributed by atoms with Gasteiger partial charge in [-0.3, -0.25) is 4.79 Å². The van der Waals surface area contributed by atoms with E-state index in [1.54, 1.807) is 21.1 Å². The van der Waals surface area contributed by atoms with Gasteiger partial charge in [-0.05, 0) is 25.1 Å². The molecular weight excluding hydrogens is 312 g/mol. The lowest BCUT2D eigenvalue weighted by Gasteiger charge is -2.42. The van der Waals surface area contributed by atoms with E-state index >= 15 is 0 Å². The SMILES string of the molecule is COC(C[C@H]1C=C[C@@H](O[Si](C)(C)C(C)(C)C)[C@H](C(C)=O)O1)OC. The fourth-order valence-electron chi connectivity index (χ4n) is 2.20. The first-order chi connectivity index (χ1) is 10.5. The molecule has 1 rings (SSSR count). The molecule has 0 N–H and O–H groups in total. The summed E-state index contributed by atoms with van der Waals surface area (Å²) >= 11 is 0. The molecule has 0 saturated heterocycles. The van der Waals surface area contributed by atoms with Crippen LogP contribution in [0, 0.1) is 0 Å². The first kappa shape index (κ1) is 20.5. The van der Waals surface area contributed by atoms with Crippen LogP contribution in [0.1, 0.15) is 34.1 Å². The maximum atomic E-state index is 12.0. The third-order valence-corrected chi connectivity index (χ3v) is 9.20. The number of carbonyl (C=O) groups excluding carboxylic acids is 1. The molecule has 0 radical (unpaired) electrons. The van der Waals surface area contributed by atoms with Crippen LogP contribution < -0.4 is 0 Å². The maximum absolute atomic E-state index is 12.0. The average molecular weight is 345 g/mol. The van der Waals surface area contributed by atoms with Crippen molar-refractivity contribution < 1.29 is 23.4 Å². The Kier molecular flexibility index (Phi) is 7.16. The molecule has 0 amide bonds. The molecule has 0 unspecified atom stereocenters. The Balaban J connectivity index is 2.87. The topological polar surface area (TPSA) is 54.0 Å². The third kappa shape index (κ3) is 5.50. The minimum atomic E-state index is -1.98. The highest BCUT2D eigenvalue weighted by Gasteiger charge is 2.42. The van der Waals surface area contributed by atoms with E-state index in [9.17, 15) is 4.79 Å². The summed E-state index contributed by atoms with van der Waals surface area (Å²) in [5.41, 5.74) is 0. The predicted octanol–water partition coefficient (Wildman–Crippen LogP) is 3.30. The fourth-order valence-corrected chi connectivity index (χ4v) is 3.44. The van der Waals surface area contributed by atoms with Crippen molar-refractivity contribution in [1.82, 2.24) is 0 Å². The summed E-state index contributed by atoms with van der Waals surface area (Å²) in [5.74, 6) is -0.0190. The molecule has 6 heteroatoms. The lowest BCUT2D eigenvalue weighted by molar-refractivity contribution is -0.152. The molecule has 0 aliphatic carbocycles. The van der Waals surface area contributed by atoms with E-state index in [0.717, 1.165) is 0 Å². The van der Waals surface area contributed by atoms with E-state index < -0.39 is 14.4 Å². The van der Waals surface area contributed by atoms with Gasteiger partial charge in [-0.15, -0.1) is 0 Å². The van der Waals surface area contributed by atoms with E-state index in [4.69, 9.17) is 18.6 Å². The van der Waals surface area contributed by atoms with Crippen LogP contribution in [0.4, 0.5) is 0 Å². The molecule has 0 fully saturated rings. The molecule has 0 aromatic heterocycles. The Morgan fingerprint density at radius 2 is 1.78 bits per heavy atom. The number of ether oxygens (including phenoxy) is 3. The molecule has 1 aliphatic heterocycles. The predicted molar refractivity (Wildman–Crippen MR) is 93.0 cm³/mol. The van der Waals surface area contributed by atoms with Crippen LogP contribution in [0.3, 0.4) is 0 Å².